The van der Waals surface area contributed by atoms with Crippen molar-refractivity contribution < 1.29 is 18.0 Å². The molecule has 6 nitrogen and oxygen atoms in total. The molecule has 168 valence electrons. The van der Waals surface area contributed by atoms with E-state index < -0.39 is 11.6 Å². The number of benzene rings is 1. The second-order valence-electron chi connectivity index (χ2n) is 8.64. The molecule has 1 aliphatic heterocycles. The van der Waals surface area contributed by atoms with Crippen molar-refractivity contribution in [1.29, 1.82) is 0 Å². The van der Waals surface area contributed by atoms with Gasteiger partial charge in [-0.05, 0) is 30.5 Å². The smallest absolute Gasteiger partial charge is 0.275 e. The van der Waals surface area contributed by atoms with Gasteiger partial charge in [-0.3, -0.25) is 14.6 Å². The summed E-state index contributed by atoms with van der Waals surface area (Å²) in [5, 5.41) is 0. The van der Waals surface area contributed by atoms with Crippen molar-refractivity contribution in [1.82, 2.24) is 19.7 Å². The Balaban J connectivity index is 1.25. The molecule has 1 aromatic heterocycles. The maximum atomic E-state index is 13.4. The van der Waals surface area contributed by atoms with Crippen LogP contribution in [0.3, 0.4) is 0 Å². The van der Waals surface area contributed by atoms with Crippen molar-refractivity contribution in [3.8, 4) is 0 Å². The lowest BCUT2D eigenvalue weighted by Crippen LogP contribution is -2.45. The van der Waals surface area contributed by atoms with Crippen LogP contribution >= 0.6 is 0 Å². The van der Waals surface area contributed by atoms with Gasteiger partial charge in [0.25, 0.3) is 5.91 Å². The van der Waals surface area contributed by atoms with Crippen LogP contribution in [0.5, 0.6) is 0 Å². The number of amides is 1. The minimum atomic E-state index is -0.817. The van der Waals surface area contributed by atoms with E-state index in [1.807, 2.05) is 11.9 Å². The van der Waals surface area contributed by atoms with E-state index in [2.05, 4.69) is 14.8 Å². The Kier molecular flexibility index (Phi) is 6.97. The molecule has 1 aromatic carbocycles. The summed E-state index contributed by atoms with van der Waals surface area (Å²) in [7, 11) is 1.86. The van der Waals surface area contributed by atoms with E-state index in [0.29, 0.717) is 30.7 Å². The zero-order valence-electron chi connectivity index (χ0n) is 18.0. The zero-order valence-corrected chi connectivity index (χ0v) is 18.0. The van der Waals surface area contributed by atoms with E-state index in [1.165, 1.54) is 37.7 Å². The van der Waals surface area contributed by atoms with E-state index in [4.69, 9.17) is 4.42 Å². The fraction of sp³-hybridized carbons (Fsp3) is 0.565. The number of carbonyl (C=O) groups excluding carboxylic acids is 1. The SMILES string of the molecule is CN(C(=O)c1coc(CN2CCN(Cc3ccc(F)c(F)c3)CC2)n1)C1CCCCC1. The van der Waals surface area contributed by atoms with Crippen LogP contribution in [0.2, 0.25) is 0 Å². The molecule has 2 aromatic rings. The van der Waals surface area contributed by atoms with Crippen molar-refractivity contribution in [3.05, 3.63) is 53.2 Å². The van der Waals surface area contributed by atoms with Crippen molar-refractivity contribution in [2.75, 3.05) is 33.2 Å². The molecule has 0 radical (unpaired) electrons. The number of piperazine rings is 1. The van der Waals surface area contributed by atoms with E-state index in [0.717, 1.165) is 44.6 Å². The van der Waals surface area contributed by atoms with Gasteiger partial charge in [0, 0.05) is 45.8 Å². The monoisotopic (exact) mass is 432 g/mol. The lowest BCUT2D eigenvalue weighted by molar-refractivity contribution is 0.0690. The highest BCUT2D eigenvalue weighted by Gasteiger charge is 2.26. The van der Waals surface area contributed by atoms with Gasteiger partial charge in [0.2, 0.25) is 5.89 Å². The Bertz CT molecular complexity index is 889. The summed E-state index contributed by atoms with van der Waals surface area (Å²) in [4.78, 5) is 23.4. The van der Waals surface area contributed by atoms with Gasteiger partial charge in [0.1, 0.15) is 6.26 Å². The minimum absolute atomic E-state index is 0.0711. The van der Waals surface area contributed by atoms with E-state index >= 15 is 0 Å². The Labute approximate surface area is 181 Å². The van der Waals surface area contributed by atoms with Crippen LogP contribution in [-0.2, 0) is 13.1 Å². The van der Waals surface area contributed by atoms with E-state index in [9.17, 15) is 13.6 Å². The molecule has 1 aliphatic carbocycles. The van der Waals surface area contributed by atoms with Crippen LogP contribution in [-0.4, -0.2) is 64.9 Å². The van der Waals surface area contributed by atoms with Gasteiger partial charge in [0.05, 0.1) is 6.54 Å². The van der Waals surface area contributed by atoms with Gasteiger partial charge in [-0.1, -0.05) is 25.3 Å². The lowest BCUT2D eigenvalue weighted by Gasteiger charge is -2.34. The largest absolute Gasteiger partial charge is 0.447 e. The minimum Gasteiger partial charge on any atom is -0.447 e. The molecule has 8 heteroatoms. The van der Waals surface area contributed by atoms with Crippen LogP contribution in [0.4, 0.5) is 8.78 Å². The van der Waals surface area contributed by atoms with Crippen LogP contribution in [0.25, 0.3) is 0 Å². The molecule has 0 unspecified atom stereocenters. The first-order valence-corrected chi connectivity index (χ1v) is 11.1. The molecule has 0 bridgehead atoms. The predicted molar refractivity (Wildman–Crippen MR) is 112 cm³/mol. The van der Waals surface area contributed by atoms with Gasteiger partial charge < -0.3 is 9.32 Å². The van der Waals surface area contributed by atoms with Crippen LogP contribution in [0, 0.1) is 11.6 Å². The van der Waals surface area contributed by atoms with Crippen LogP contribution < -0.4 is 0 Å². The Morgan fingerprint density at radius 1 is 1.06 bits per heavy atom. The first kappa shape index (κ1) is 21.9. The average molecular weight is 433 g/mol. The van der Waals surface area contributed by atoms with Gasteiger partial charge in [-0.15, -0.1) is 0 Å². The third-order valence-corrected chi connectivity index (χ3v) is 6.43. The molecule has 4 rings (SSSR count). The first-order chi connectivity index (χ1) is 15.0. The summed E-state index contributed by atoms with van der Waals surface area (Å²) in [6.07, 6.45) is 7.18. The molecule has 2 fully saturated rings. The molecule has 2 heterocycles. The van der Waals surface area contributed by atoms with Crippen LogP contribution in [0.1, 0.15) is 54.0 Å². The molecule has 31 heavy (non-hydrogen) atoms. The summed E-state index contributed by atoms with van der Waals surface area (Å²) >= 11 is 0. The Morgan fingerprint density at radius 2 is 1.74 bits per heavy atom. The topological polar surface area (TPSA) is 52.8 Å². The molecule has 0 spiro atoms. The Morgan fingerprint density at radius 3 is 2.42 bits per heavy atom. The lowest BCUT2D eigenvalue weighted by atomic mass is 9.94. The average Bonchev–Trinajstić information content (AvgIpc) is 3.26. The first-order valence-electron chi connectivity index (χ1n) is 11.1. The standard InChI is InChI=1S/C23H30F2N4O2/c1-27(18-5-3-2-4-6-18)23(30)21-16-31-22(26-21)15-29-11-9-28(10-12-29)14-17-7-8-19(24)20(25)13-17/h7-8,13,16,18H,2-6,9-12,14-15H2,1H3. The highest BCUT2D eigenvalue weighted by atomic mass is 19.2. The molecular formula is C23H30F2N4O2. The van der Waals surface area contributed by atoms with Crippen molar-refractivity contribution >= 4 is 5.91 Å². The second kappa shape index (κ2) is 9.87. The Hall–Kier alpha value is -2.32. The molecule has 0 atom stereocenters. The zero-order chi connectivity index (χ0) is 21.8. The fourth-order valence-electron chi connectivity index (χ4n) is 4.49. The molecule has 1 saturated carbocycles. The summed E-state index contributed by atoms with van der Waals surface area (Å²) in [6, 6.07) is 4.36. The molecular weight excluding hydrogens is 402 g/mol. The maximum absolute atomic E-state index is 13.4. The van der Waals surface area contributed by atoms with Gasteiger partial charge >= 0.3 is 0 Å². The predicted octanol–water partition coefficient (Wildman–Crippen LogP) is 3.68. The van der Waals surface area contributed by atoms with Gasteiger partial charge in [0.15, 0.2) is 17.3 Å². The fourth-order valence-corrected chi connectivity index (χ4v) is 4.49. The van der Waals surface area contributed by atoms with E-state index in [-0.39, 0.29) is 5.91 Å². The van der Waals surface area contributed by atoms with Crippen molar-refractivity contribution in [2.24, 2.45) is 0 Å². The van der Waals surface area contributed by atoms with E-state index in [1.54, 1.807) is 6.07 Å². The maximum Gasteiger partial charge on any atom is 0.275 e. The number of nitrogens with zero attached hydrogens (tertiary/aromatic N) is 4. The second-order valence-corrected chi connectivity index (χ2v) is 8.64. The number of oxazole rings is 1. The third kappa shape index (κ3) is 5.49. The number of aromatic nitrogens is 1. The summed E-state index contributed by atoms with van der Waals surface area (Å²) < 4.78 is 32.1. The highest BCUT2D eigenvalue weighted by molar-refractivity contribution is 5.92. The third-order valence-electron chi connectivity index (χ3n) is 6.43. The number of hydrogen-bond acceptors (Lipinski definition) is 5. The summed E-state index contributed by atoms with van der Waals surface area (Å²) in [5.41, 5.74) is 1.14. The summed E-state index contributed by atoms with van der Waals surface area (Å²) in [5.74, 6) is -1.14. The highest BCUT2D eigenvalue weighted by Crippen LogP contribution is 2.23. The molecule has 0 N–H and O–H groups in total. The van der Waals surface area contributed by atoms with Gasteiger partial charge in [-0.2, -0.15) is 0 Å². The quantitative estimate of drug-likeness (QED) is 0.697. The number of halogens is 2. The molecule has 1 saturated heterocycles. The van der Waals surface area contributed by atoms with Crippen LogP contribution in [0.15, 0.2) is 28.9 Å². The van der Waals surface area contributed by atoms with Crippen molar-refractivity contribution in [3.63, 3.8) is 0 Å². The summed E-state index contributed by atoms with van der Waals surface area (Å²) in [6.45, 7) is 4.41. The van der Waals surface area contributed by atoms with Crippen molar-refractivity contribution in [2.45, 2.75) is 51.2 Å². The number of carbonyl (C=O) groups is 1. The normalized spacial score (nSPS) is 18.9. The number of rotatable bonds is 6. The molecule has 1 amide bonds. The number of hydrogen-bond donors (Lipinski definition) is 0. The van der Waals surface area contributed by atoms with Gasteiger partial charge in [-0.25, -0.2) is 13.8 Å². The molecule has 2 aliphatic rings.